The minimum absolute atomic E-state index is 0.00776. The Morgan fingerprint density at radius 3 is 2.45 bits per heavy atom. The Balaban J connectivity index is 2.14. The van der Waals surface area contributed by atoms with Gasteiger partial charge in [-0.25, -0.2) is 13.2 Å². The lowest BCUT2D eigenvalue weighted by Crippen LogP contribution is -2.04. The third-order valence-corrected chi connectivity index (χ3v) is 3.04. The summed E-state index contributed by atoms with van der Waals surface area (Å²) in [6, 6.07) is 6.26. The van der Waals surface area contributed by atoms with Crippen LogP contribution in [0.4, 0.5) is 18.9 Å². The molecule has 0 bridgehead atoms. The largest absolute Gasteiger partial charge is 0.495 e. The highest BCUT2D eigenvalue weighted by Gasteiger charge is 2.10. The van der Waals surface area contributed by atoms with Gasteiger partial charge in [-0.3, -0.25) is 0 Å². The Hall–Kier alpha value is -1.88. The van der Waals surface area contributed by atoms with E-state index < -0.39 is 17.5 Å². The van der Waals surface area contributed by atoms with Crippen LogP contribution in [-0.2, 0) is 6.54 Å². The van der Waals surface area contributed by atoms with Crippen LogP contribution in [0.25, 0.3) is 0 Å². The molecule has 2 rings (SSSR count). The number of anilines is 1. The topological polar surface area (TPSA) is 21.3 Å². The number of halogens is 4. The van der Waals surface area contributed by atoms with Gasteiger partial charge in [0.2, 0.25) is 0 Å². The molecule has 0 unspecified atom stereocenters. The average Bonchev–Trinajstić information content (AvgIpc) is 2.43. The van der Waals surface area contributed by atoms with Crippen molar-refractivity contribution < 1.29 is 17.9 Å². The second-order valence-corrected chi connectivity index (χ2v) is 4.47. The fraction of sp³-hybridized carbons (Fsp3) is 0.143. The summed E-state index contributed by atoms with van der Waals surface area (Å²) in [6.45, 7) is 0.00776. The van der Waals surface area contributed by atoms with Crippen LogP contribution in [-0.4, -0.2) is 7.11 Å². The third-order valence-electron chi connectivity index (χ3n) is 2.72. The summed E-state index contributed by atoms with van der Waals surface area (Å²) >= 11 is 5.87. The van der Waals surface area contributed by atoms with Crippen LogP contribution < -0.4 is 10.1 Å². The van der Waals surface area contributed by atoms with Gasteiger partial charge in [0, 0.05) is 29.9 Å². The van der Waals surface area contributed by atoms with E-state index in [4.69, 9.17) is 16.3 Å². The quantitative estimate of drug-likeness (QED) is 0.846. The van der Waals surface area contributed by atoms with Crippen LogP contribution in [0.15, 0.2) is 30.3 Å². The number of ether oxygens (including phenoxy) is 1. The minimum Gasteiger partial charge on any atom is -0.495 e. The Morgan fingerprint density at radius 1 is 1.05 bits per heavy atom. The Kier molecular flexibility index (Phi) is 4.39. The molecule has 106 valence electrons. The molecule has 0 aliphatic carbocycles. The summed E-state index contributed by atoms with van der Waals surface area (Å²) in [4.78, 5) is 0. The average molecular weight is 302 g/mol. The molecule has 2 aromatic carbocycles. The van der Waals surface area contributed by atoms with Gasteiger partial charge in [-0.1, -0.05) is 11.6 Å². The van der Waals surface area contributed by atoms with Crippen molar-refractivity contribution in [1.29, 1.82) is 0 Å². The van der Waals surface area contributed by atoms with E-state index in [9.17, 15) is 13.2 Å². The molecule has 0 atom stereocenters. The summed E-state index contributed by atoms with van der Waals surface area (Å²) in [6.07, 6.45) is 0. The maximum Gasteiger partial charge on any atom is 0.161 e. The first-order valence-electron chi connectivity index (χ1n) is 5.72. The van der Waals surface area contributed by atoms with Crippen LogP contribution in [0, 0.1) is 17.5 Å². The number of hydrogen-bond acceptors (Lipinski definition) is 2. The molecular formula is C14H11ClF3NO. The maximum absolute atomic E-state index is 13.5. The summed E-state index contributed by atoms with van der Waals surface area (Å²) < 4.78 is 44.3. The summed E-state index contributed by atoms with van der Waals surface area (Å²) in [5, 5.41) is 3.32. The smallest absolute Gasteiger partial charge is 0.161 e. The van der Waals surface area contributed by atoms with Gasteiger partial charge in [-0.2, -0.15) is 0 Å². The SMILES string of the molecule is COc1cc(NCc2cc(F)c(F)cc2F)ccc1Cl. The van der Waals surface area contributed by atoms with Crippen molar-refractivity contribution in [2.75, 3.05) is 12.4 Å². The molecule has 0 aliphatic rings. The molecule has 0 spiro atoms. The fourth-order valence-electron chi connectivity index (χ4n) is 1.67. The predicted octanol–water partition coefficient (Wildman–Crippen LogP) is 4.38. The van der Waals surface area contributed by atoms with Crippen molar-refractivity contribution in [3.05, 3.63) is 58.4 Å². The third kappa shape index (κ3) is 3.17. The van der Waals surface area contributed by atoms with Crippen molar-refractivity contribution in [3.63, 3.8) is 0 Å². The van der Waals surface area contributed by atoms with Gasteiger partial charge in [0.05, 0.1) is 12.1 Å². The van der Waals surface area contributed by atoms with Crippen LogP contribution in [0.5, 0.6) is 5.75 Å². The molecule has 6 heteroatoms. The molecule has 0 aromatic heterocycles. The highest BCUT2D eigenvalue weighted by Crippen LogP contribution is 2.27. The summed E-state index contributed by atoms with van der Waals surface area (Å²) in [5.41, 5.74) is 0.646. The monoisotopic (exact) mass is 301 g/mol. The molecule has 0 fully saturated rings. The first kappa shape index (κ1) is 14.5. The molecule has 0 saturated heterocycles. The van der Waals surface area contributed by atoms with Crippen molar-refractivity contribution in [2.24, 2.45) is 0 Å². The normalized spacial score (nSPS) is 10.4. The second kappa shape index (κ2) is 6.05. The molecule has 0 aliphatic heterocycles. The van der Waals surface area contributed by atoms with Gasteiger partial charge in [-0.15, -0.1) is 0 Å². The predicted molar refractivity (Wildman–Crippen MR) is 71.6 cm³/mol. The summed E-state index contributed by atoms with van der Waals surface area (Å²) in [5.74, 6) is -2.64. The number of methoxy groups -OCH3 is 1. The second-order valence-electron chi connectivity index (χ2n) is 4.06. The van der Waals surface area contributed by atoms with E-state index >= 15 is 0 Å². The number of benzene rings is 2. The molecule has 1 N–H and O–H groups in total. The van der Waals surface area contributed by atoms with Crippen LogP contribution >= 0.6 is 11.6 Å². The van der Waals surface area contributed by atoms with E-state index in [1.54, 1.807) is 18.2 Å². The maximum atomic E-state index is 13.5. The minimum atomic E-state index is -1.21. The van der Waals surface area contributed by atoms with E-state index in [-0.39, 0.29) is 12.1 Å². The molecule has 2 nitrogen and oxygen atoms in total. The lowest BCUT2D eigenvalue weighted by atomic mass is 10.2. The Bertz CT molecular complexity index is 634. The van der Waals surface area contributed by atoms with E-state index in [1.807, 2.05) is 0 Å². The Morgan fingerprint density at radius 2 is 1.75 bits per heavy atom. The molecule has 20 heavy (non-hydrogen) atoms. The first-order chi connectivity index (χ1) is 9.51. The van der Waals surface area contributed by atoms with Gasteiger partial charge in [0.25, 0.3) is 0 Å². The molecule has 0 heterocycles. The number of rotatable bonds is 4. The van der Waals surface area contributed by atoms with Crippen LogP contribution in [0.3, 0.4) is 0 Å². The highest BCUT2D eigenvalue weighted by atomic mass is 35.5. The van der Waals surface area contributed by atoms with Crippen LogP contribution in [0.1, 0.15) is 5.56 Å². The molecule has 2 aromatic rings. The standard InChI is InChI=1S/C14H11ClF3NO/c1-20-14-5-9(2-3-10(14)15)19-7-8-4-12(17)13(18)6-11(8)16/h2-6,19H,7H2,1H3. The molecule has 0 radical (unpaired) electrons. The van der Waals surface area contributed by atoms with Gasteiger partial charge in [0.1, 0.15) is 11.6 Å². The fourth-order valence-corrected chi connectivity index (χ4v) is 1.86. The van der Waals surface area contributed by atoms with Crippen molar-refractivity contribution in [3.8, 4) is 5.75 Å². The molecule has 0 amide bonds. The zero-order valence-electron chi connectivity index (χ0n) is 10.5. The number of nitrogens with one attached hydrogen (secondary N) is 1. The van der Waals surface area contributed by atoms with Crippen molar-refractivity contribution in [1.82, 2.24) is 0 Å². The van der Waals surface area contributed by atoms with Crippen molar-refractivity contribution in [2.45, 2.75) is 6.54 Å². The van der Waals surface area contributed by atoms with E-state index in [2.05, 4.69) is 5.32 Å². The number of hydrogen-bond donors (Lipinski definition) is 1. The zero-order chi connectivity index (χ0) is 14.7. The highest BCUT2D eigenvalue weighted by molar-refractivity contribution is 6.32. The van der Waals surface area contributed by atoms with Gasteiger partial charge >= 0.3 is 0 Å². The van der Waals surface area contributed by atoms with Gasteiger partial charge < -0.3 is 10.1 Å². The van der Waals surface area contributed by atoms with Gasteiger partial charge in [-0.05, 0) is 18.2 Å². The van der Waals surface area contributed by atoms with E-state index in [1.165, 1.54) is 7.11 Å². The van der Waals surface area contributed by atoms with Crippen molar-refractivity contribution >= 4 is 17.3 Å². The first-order valence-corrected chi connectivity index (χ1v) is 6.10. The zero-order valence-corrected chi connectivity index (χ0v) is 11.3. The van der Waals surface area contributed by atoms with Crippen LogP contribution in [0.2, 0.25) is 5.02 Å². The molecule has 0 saturated carbocycles. The lowest BCUT2D eigenvalue weighted by Gasteiger charge is -2.10. The summed E-state index contributed by atoms with van der Waals surface area (Å²) in [7, 11) is 1.47. The Labute approximate surface area is 119 Å². The lowest BCUT2D eigenvalue weighted by molar-refractivity contribution is 0.415. The van der Waals surface area contributed by atoms with Gasteiger partial charge in [0.15, 0.2) is 11.6 Å². The molecular weight excluding hydrogens is 291 g/mol. The van der Waals surface area contributed by atoms with E-state index in [0.29, 0.717) is 22.5 Å². The van der Waals surface area contributed by atoms with E-state index in [0.717, 1.165) is 6.07 Å².